The molecule has 2 aromatic rings. The Hall–Kier alpha value is -3.83. The third-order valence-electron chi connectivity index (χ3n) is 11.0. The highest BCUT2D eigenvalue weighted by molar-refractivity contribution is 5.87. The lowest BCUT2D eigenvalue weighted by Crippen LogP contribution is -2.66. The van der Waals surface area contributed by atoms with E-state index in [9.17, 15) is 71.2 Å². The molecule has 13 N–H and O–H groups in total. The highest BCUT2D eigenvalue weighted by Gasteiger charge is 2.55. The molecule has 6 rings (SSSR count). The van der Waals surface area contributed by atoms with E-state index in [-0.39, 0.29) is 24.3 Å². The highest BCUT2D eigenvalue weighted by Crippen LogP contribution is 2.35. The molecule has 23 heteroatoms. The molecular weight excluding hydrogens is 848 g/mol. The summed E-state index contributed by atoms with van der Waals surface area (Å²) in [7, 11) is 0. The quantitative estimate of drug-likeness (QED) is 0.0493. The molecule has 4 aliphatic heterocycles. The molecule has 4 saturated heterocycles. The molecule has 0 radical (unpaired) electrons. The van der Waals surface area contributed by atoms with E-state index in [2.05, 4.69) is 0 Å². The van der Waals surface area contributed by atoms with Gasteiger partial charge in [-0.3, -0.25) is 0 Å². The van der Waals surface area contributed by atoms with Gasteiger partial charge in [0.2, 0.25) is 0 Å². The predicted octanol–water partition coefficient (Wildman–Crippen LogP) is -3.70. The maximum Gasteiger partial charge on any atom is 0.331 e. The van der Waals surface area contributed by atoms with Crippen molar-refractivity contribution in [3.8, 4) is 23.0 Å². The van der Waals surface area contributed by atoms with Gasteiger partial charge in [-0.25, -0.2) is 4.79 Å². The topological polar surface area (TPSA) is 363 Å². The van der Waals surface area contributed by atoms with E-state index in [1.807, 2.05) is 0 Å². The van der Waals surface area contributed by atoms with Crippen LogP contribution in [0.25, 0.3) is 6.08 Å². The van der Waals surface area contributed by atoms with Gasteiger partial charge in [-0.1, -0.05) is 12.1 Å². The molecule has 19 atom stereocenters. The molecular formula is C40H54O23. The van der Waals surface area contributed by atoms with Crippen LogP contribution in [0.1, 0.15) is 25.0 Å². The summed E-state index contributed by atoms with van der Waals surface area (Å²) in [5.74, 6) is -2.80. The molecule has 63 heavy (non-hydrogen) atoms. The molecule has 2 aromatic carbocycles. The number of carbonyl (C=O) groups excluding carboxylic acids is 1. The molecule has 0 saturated carbocycles. The van der Waals surface area contributed by atoms with Crippen molar-refractivity contribution < 1.29 is 114 Å². The van der Waals surface area contributed by atoms with Crippen LogP contribution in [0.2, 0.25) is 0 Å². The Morgan fingerprint density at radius 3 is 1.90 bits per heavy atom. The molecule has 4 fully saturated rings. The fourth-order valence-electron chi connectivity index (χ4n) is 7.27. The van der Waals surface area contributed by atoms with Crippen LogP contribution in [0.15, 0.2) is 42.5 Å². The summed E-state index contributed by atoms with van der Waals surface area (Å²) in [4.78, 5) is 13.6. The zero-order valence-electron chi connectivity index (χ0n) is 33.8. The first-order valence-electron chi connectivity index (χ1n) is 20.0. The number of ether oxygens (including phenoxy) is 9. The van der Waals surface area contributed by atoms with Gasteiger partial charge in [0.25, 0.3) is 0 Å². The largest absolute Gasteiger partial charge is 0.504 e. The first kappa shape index (κ1) is 48.6. The van der Waals surface area contributed by atoms with E-state index in [0.717, 1.165) is 12.1 Å². The number of rotatable bonds is 14. The normalized spacial score (nSPS) is 39.9. The number of phenolic OH excluding ortho intramolecular Hbond substituents is 4. The van der Waals surface area contributed by atoms with Crippen molar-refractivity contribution in [2.24, 2.45) is 0 Å². The van der Waals surface area contributed by atoms with Gasteiger partial charge in [0.1, 0.15) is 73.2 Å². The maximum atomic E-state index is 13.6. The number of benzene rings is 2. The fraction of sp³-hybridized carbons (Fsp3) is 0.625. The summed E-state index contributed by atoms with van der Waals surface area (Å²) in [5.41, 5.74) is 0.731. The van der Waals surface area contributed by atoms with E-state index in [1.54, 1.807) is 0 Å². The van der Waals surface area contributed by atoms with Crippen molar-refractivity contribution in [3.63, 3.8) is 0 Å². The summed E-state index contributed by atoms with van der Waals surface area (Å²) in [6.07, 6.45) is -29.3. The van der Waals surface area contributed by atoms with Gasteiger partial charge in [0, 0.05) is 6.08 Å². The first-order valence-corrected chi connectivity index (χ1v) is 20.0. The van der Waals surface area contributed by atoms with Crippen molar-refractivity contribution in [1.29, 1.82) is 0 Å². The van der Waals surface area contributed by atoms with Gasteiger partial charge < -0.3 is 109 Å². The van der Waals surface area contributed by atoms with Crippen molar-refractivity contribution in [3.05, 3.63) is 53.6 Å². The Morgan fingerprint density at radius 1 is 0.619 bits per heavy atom. The van der Waals surface area contributed by atoms with E-state index < -0.39 is 153 Å². The molecule has 23 nitrogen and oxygen atoms in total. The number of aliphatic hydroxyl groups excluding tert-OH is 9. The number of hydrogen-bond donors (Lipinski definition) is 13. The lowest BCUT2D eigenvalue weighted by atomic mass is 9.96. The maximum absolute atomic E-state index is 13.6. The lowest BCUT2D eigenvalue weighted by molar-refractivity contribution is -0.383. The van der Waals surface area contributed by atoms with Crippen LogP contribution in [0.3, 0.4) is 0 Å². The van der Waals surface area contributed by atoms with Crippen molar-refractivity contribution >= 4 is 12.0 Å². The molecule has 0 unspecified atom stereocenters. The van der Waals surface area contributed by atoms with Gasteiger partial charge >= 0.3 is 5.97 Å². The Labute approximate surface area is 359 Å². The Balaban J connectivity index is 1.32. The Kier molecular flexibility index (Phi) is 16.2. The third-order valence-corrected chi connectivity index (χ3v) is 11.0. The average molecular weight is 903 g/mol. The number of esters is 1. The van der Waals surface area contributed by atoms with Gasteiger partial charge in [-0.05, 0) is 61.7 Å². The van der Waals surface area contributed by atoms with Gasteiger partial charge in [-0.15, -0.1) is 0 Å². The third kappa shape index (κ3) is 11.3. The summed E-state index contributed by atoms with van der Waals surface area (Å²) in [6.45, 7) is 1.37. The van der Waals surface area contributed by atoms with Crippen molar-refractivity contribution in [2.45, 2.75) is 137 Å². The Morgan fingerprint density at radius 2 is 1.22 bits per heavy atom. The summed E-state index contributed by atoms with van der Waals surface area (Å²) in [5, 5.41) is 136. The lowest BCUT2D eigenvalue weighted by Gasteiger charge is -2.48. The minimum absolute atomic E-state index is 0.0802. The molecule has 0 aliphatic carbocycles. The Bertz CT molecular complexity index is 1850. The zero-order valence-corrected chi connectivity index (χ0v) is 33.8. The number of phenols is 4. The van der Waals surface area contributed by atoms with E-state index >= 15 is 0 Å². The minimum Gasteiger partial charge on any atom is -0.504 e. The van der Waals surface area contributed by atoms with Gasteiger partial charge in [-0.2, -0.15) is 0 Å². The monoisotopic (exact) mass is 902 g/mol. The molecule has 0 bridgehead atoms. The van der Waals surface area contributed by atoms with Gasteiger partial charge in [0.15, 0.2) is 54.3 Å². The van der Waals surface area contributed by atoms with Crippen LogP contribution in [0, 0.1) is 0 Å². The second-order valence-electron chi connectivity index (χ2n) is 15.6. The predicted molar refractivity (Wildman–Crippen MR) is 205 cm³/mol. The molecule has 352 valence electrons. The SMILES string of the molecule is C[C@@H]1O[C@@H](O[C@@H]2[C@@H](O)[C@H](OCCc3ccc(O)c(O)c3)O[C@H](CO[C@H]3O[C@H](C)[C@@H](O)[C@H](O)[C@@H]3O)[C@H]2OC(=O)C=Cc2ccc(O)c(O)c2)[C@H](O[C@@H]2OC[C@H](O)[C@H](O)[C@H]2O)[C@H](O)[C@H]1O. The standard InChI is InChI=1S/C40H54O23/c1-15-26(47)29(50)32(53)37(58-15)57-14-24-34(61-25(46)8-5-17-3-6-19(41)21(43)11-17)35(33(54)39(60-24)55-10-9-18-4-7-20(42)22(44)12-18)62-40-36(30(51)27(48)16(2)59-40)63-38-31(52)28(49)23(45)13-56-38/h3-8,11-12,15-16,23-24,26-45,47-54H,9-10,13-14H2,1-2H3/t15-,16+,23+,24-,26-,27+,28+,29+,30-,31-,32+,33-,34-,35-,36-,37+,38+,39-,40+/m1/s1. The van der Waals surface area contributed by atoms with Crippen LogP contribution < -0.4 is 0 Å². The highest BCUT2D eigenvalue weighted by atomic mass is 16.8. The number of hydrogen-bond acceptors (Lipinski definition) is 23. The van der Waals surface area contributed by atoms with Crippen LogP contribution in [0.4, 0.5) is 0 Å². The summed E-state index contributed by atoms with van der Waals surface area (Å²) in [6, 6.07) is 7.70. The van der Waals surface area contributed by atoms with Crippen molar-refractivity contribution in [2.75, 3.05) is 19.8 Å². The molecule has 0 aromatic heterocycles. The second kappa shape index (κ2) is 21.0. The smallest absolute Gasteiger partial charge is 0.331 e. The number of carbonyl (C=O) groups is 1. The first-order chi connectivity index (χ1) is 29.8. The zero-order chi connectivity index (χ0) is 45.9. The number of aliphatic hydroxyl groups is 9. The van der Waals surface area contributed by atoms with Crippen molar-refractivity contribution in [1.82, 2.24) is 0 Å². The molecule has 0 spiro atoms. The molecule has 4 aliphatic rings. The van der Waals surface area contributed by atoms with E-state index in [0.29, 0.717) is 5.56 Å². The second-order valence-corrected chi connectivity index (χ2v) is 15.6. The minimum atomic E-state index is -1.93. The summed E-state index contributed by atoms with van der Waals surface area (Å²) >= 11 is 0. The number of aromatic hydroxyl groups is 4. The van der Waals surface area contributed by atoms with Crippen LogP contribution in [-0.4, -0.2) is 209 Å². The fourth-order valence-corrected chi connectivity index (χ4v) is 7.27. The van der Waals surface area contributed by atoms with Crippen LogP contribution >= 0.6 is 0 Å². The summed E-state index contributed by atoms with van der Waals surface area (Å²) < 4.78 is 52.6. The average Bonchev–Trinajstić information content (AvgIpc) is 3.25. The van der Waals surface area contributed by atoms with E-state index in [1.165, 1.54) is 50.3 Å². The van der Waals surface area contributed by atoms with Gasteiger partial charge in [0.05, 0.1) is 32.0 Å². The van der Waals surface area contributed by atoms with Crippen LogP contribution in [-0.2, 0) is 53.8 Å². The van der Waals surface area contributed by atoms with Crippen LogP contribution in [0.5, 0.6) is 23.0 Å². The molecule has 4 heterocycles. The van der Waals surface area contributed by atoms with E-state index in [4.69, 9.17) is 42.6 Å². The molecule has 0 amide bonds.